The monoisotopic (exact) mass is 623 g/mol. The van der Waals surface area contributed by atoms with E-state index in [1.165, 1.54) is 16.5 Å². The number of nitrogens with one attached hydrogen (secondary N) is 2. The summed E-state index contributed by atoms with van der Waals surface area (Å²) < 4.78 is 11.1. The van der Waals surface area contributed by atoms with Crippen molar-refractivity contribution in [3.05, 3.63) is 112 Å². The molecule has 8 nitrogen and oxygen atoms in total. The number of thiazole rings is 1. The number of amides is 1. The van der Waals surface area contributed by atoms with Crippen LogP contribution in [0.4, 0.5) is 0 Å². The number of hydrogen-bond acceptors (Lipinski definition) is 7. The minimum atomic E-state index is -0.0822. The number of para-hydroxylation sites is 1. The minimum absolute atomic E-state index is 0.0822. The molecule has 3 aromatic carbocycles. The van der Waals surface area contributed by atoms with Gasteiger partial charge in [0, 0.05) is 72.9 Å². The molecule has 0 atom stereocenters. The summed E-state index contributed by atoms with van der Waals surface area (Å²) in [5, 5.41) is 7.30. The van der Waals surface area contributed by atoms with Gasteiger partial charge in [0.25, 0.3) is 5.91 Å². The molecule has 3 heterocycles. The molecule has 0 saturated carbocycles. The van der Waals surface area contributed by atoms with Crippen molar-refractivity contribution in [1.82, 2.24) is 25.1 Å². The molecule has 0 spiro atoms. The fourth-order valence-corrected chi connectivity index (χ4v) is 6.89. The van der Waals surface area contributed by atoms with E-state index in [0.717, 1.165) is 73.0 Å². The van der Waals surface area contributed by atoms with Crippen LogP contribution >= 0.6 is 11.3 Å². The number of piperidine rings is 1. The molecule has 6 rings (SSSR count). The van der Waals surface area contributed by atoms with Gasteiger partial charge in [0.1, 0.15) is 22.2 Å². The van der Waals surface area contributed by atoms with Crippen molar-refractivity contribution in [2.75, 3.05) is 33.9 Å². The summed E-state index contributed by atoms with van der Waals surface area (Å²) in [7, 11) is 3.35. The number of carbonyl (C=O) groups excluding carboxylic acids is 1. The third-order valence-electron chi connectivity index (χ3n) is 8.58. The highest BCUT2D eigenvalue weighted by Gasteiger charge is 2.23. The second kappa shape index (κ2) is 14.7. The van der Waals surface area contributed by atoms with Crippen LogP contribution in [0.25, 0.3) is 10.9 Å². The highest BCUT2D eigenvalue weighted by atomic mass is 32.1. The SMILES string of the molecule is COc1ccc(CN(CCc2c[nH]c3ccccc23)Cc2nc(C(=O)NC3CCN(Cc4ccccc4)CC3)cs2)c(OC)c1. The lowest BCUT2D eigenvalue weighted by Crippen LogP contribution is -2.44. The molecule has 0 aliphatic carbocycles. The second-order valence-corrected chi connectivity index (χ2v) is 12.6. The highest BCUT2D eigenvalue weighted by Crippen LogP contribution is 2.27. The van der Waals surface area contributed by atoms with Crippen LogP contribution in [0.2, 0.25) is 0 Å². The van der Waals surface area contributed by atoms with Crippen molar-refractivity contribution in [2.24, 2.45) is 0 Å². The molecule has 2 aromatic heterocycles. The minimum Gasteiger partial charge on any atom is -0.497 e. The standard InChI is InChI=1S/C36H41N5O3S/c1-43-30-13-12-28(34(20-30)44-2)23-41(17-14-27-21-37-32-11-7-6-10-31(27)32)24-35-39-33(25-45-35)36(42)38-29-15-18-40(19-16-29)22-26-8-4-3-5-9-26/h3-13,20-21,25,29,37H,14-19,22-24H2,1-2H3,(H,38,42). The van der Waals surface area contributed by atoms with E-state index in [-0.39, 0.29) is 11.9 Å². The summed E-state index contributed by atoms with van der Waals surface area (Å²) in [6, 6.07) is 25.1. The molecule has 45 heavy (non-hydrogen) atoms. The molecular weight excluding hydrogens is 582 g/mol. The first-order valence-corrected chi connectivity index (χ1v) is 16.5. The molecule has 0 unspecified atom stereocenters. The maximum Gasteiger partial charge on any atom is 0.270 e. The van der Waals surface area contributed by atoms with Gasteiger partial charge in [-0.2, -0.15) is 0 Å². The van der Waals surface area contributed by atoms with Gasteiger partial charge < -0.3 is 19.8 Å². The summed E-state index contributed by atoms with van der Waals surface area (Å²) >= 11 is 1.54. The summed E-state index contributed by atoms with van der Waals surface area (Å²) in [6.45, 7) is 5.03. The van der Waals surface area contributed by atoms with Crippen LogP contribution in [0.15, 0.2) is 84.4 Å². The van der Waals surface area contributed by atoms with Gasteiger partial charge in [-0.05, 0) is 42.5 Å². The number of fused-ring (bicyclic) bond motifs is 1. The first kappa shape index (κ1) is 30.8. The molecule has 1 saturated heterocycles. The van der Waals surface area contributed by atoms with Crippen LogP contribution in [0, 0.1) is 0 Å². The Morgan fingerprint density at radius 2 is 1.80 bits per heavy atom. The van der Waals surface area contributed by atoms with Gasteiger partial charge in [-0.3, -0.25) is 14.6 Å². The van der Waals surface area contributed by atoms with E-state index < -0.39 is 0 Å². The Labute approximate surface area is 269 Å². The lowest BCUT2D eigenvalue weighted by molar-refractivity contribution is 0.0904. The number of carbonyl (C=O) groups is 1. The first-order valence-electron chi connectivity index (χ1n) is 15.6. The normalized spacial score (nSPS) is 14.2. The predicted octanol–water partition coefficient (Wildman–Crippen LogP) is 6.28. The zero-order valence-corrected chi connectivity index (χ0v) is 26.8. The molecule has 0 bridgehead atoms. The van der Waals surface area contributed by atoms with E-state index in [4.69, 9.17) is 14.5 Å². The number of hydrogen-bond donors (Lipinski definition) is 2. The van der Waals surface area contributed by atoms with Gasteiger partial charge in [-0.15, -0.1) is 11.3 Å². The summed E-state index contributed by atoms with van der Waals surface area (Å²) in [5.74, 6) is 1.47. The van der Waals surface area contributed by atoms with E-state index in [9.17, 15) is 4.79 Å². The average molecular weight is 624 g/mol. The van der Waals surface area contributed by atoms with Crippen molar-refractivity contribution in [3.63, 3.8) is 0 Å². The fraction of sp³-hybridized carbons (Fsp3) is 0.333. The van der Waals surface area contributed by atoms with Crippen molar-refractivity contribution in [2.45, 2.75) is 44.9 Å². The van der Waals surface area contributed by atoms with Gasteiger partial charge in [-0.25, -0.2) is 4.98 Å². The lowest BCUT2D eigenvalue weighted by Gasteiger charge is -2.32. The van der Waals surface area contributed by atoms with Crippen LogP contribution in [0.5, 0.6) is 11.5 Å². The molecule has 234 valence electrons. The number of H-pyrrole nitrogens is 1. The number of benzene rings is 3. The van der Waals surface area contributed by atoms with E-state index in [2.05, 4.69) is 87.0 Å². The predicted molar refractivity (Wildman–Crippen MR) is 180 cm³/mol. The molecule has 1 amide bonds. The van der Waals surface area contributed by atoms with Gasteiger partial charge in [0.05, 0.1) is 20.8 Å². The number of aromatic nitrogens is 2. The van der Waals surface area contributed by atoms with Gasteiger partial charge in [-0.1, -0.05) is 54.6 Å². The Kier molecular flexibility index (Phi) is 10.1. The smallest absolute Gasteiger partial charge is 0.270 e. The molecule has 2 N–H and O–H groups in total. The largest absolute Gasteiger partial charge is 0.497 e. The van der Waals surface area contributed by atoms with Gasteiger partial charge in [0.15, 0.2) is 0 Å². The number of methoxy groups -OCH3 is 2. The van der Waals surface area contributed by atoms with E-state index in [0.29, 0.717) is 18.8 Å². The second-order valence-electron chi connectivity index (χ2n) is 11.6. The van der Waals surface area contributed by atoms with Crippen LogP contribution in [0.1, 0.15) is 45.0 Å². The quantitative estimate of drug-likeness (QED) is 0.161. The van der Waals surface area contributed by atoms with Crippen molar-refractivity contribution in [1.29, 1.82) is 0 Å². The van der Waals surface area contributed by atoms with E-state index in [1.54, 1.807) is 25.6 Å². The Balaban J connectivity index is 1.09. The average Bonchev–Trinajstić information content (AvgIpc) is 3.72. The van der Waals surface area contributed by atoms with Crippen LogP contribution in [-0.4, -0.2) is 65.6 Å². The molecule has 9 heteroatoms. The highest BCUT2D eigenvalue weighted by molar-refractivity contribution is 7.09. The van der Waals surface area contributed by atoms with Gasteiger partial charge >= 0.3 is 0 Å². The van der Waals surface area contributed by atoms with Crippen molar-refractivity contribution >= 4 is 28.1 Å². The number of aromatic amines is 1. The number of ether oxygens (including phenoxy) is 2. The molecular formula is C36H41N5O3S. The van der Waals surface area contributed by atoms with Crippen molar-refractivity contribution in [3.8, 4) is 11.5 Å². The maximum absolute atomic E-state index is 13.2. The number of nitrogens with zero attached hydrogens (tertiary/aromatic N) is 3. The Bertz CT molecular complexity index is 1690. The lowest BCUT2D eigenvalue weighted by atomic mass is 10.0. The molecule has 1 fully saturated rings. The van der Waals surface area contributed by atoms with Crippen LogP contribution in [0.3, 0.4) is 0 Å². The topological polar surface area (TPSA) is 82.7 Å². The molecule has 1 aliphatic heterocycles. The van der Waals surface area contributed by atoms with E-state index in [1.807, 2.05) is 17.5 Å². The van der Waals surface area contributed by atoms with Crippen LogP contribution < -0.4 is 14.8 Å². The third kappa shape index (κ3) is 7.92. The molecule has 5 aromatic rings. The summed E-state index contributed by atoms with van der Waals surface area (Å²) in [5.41, 5.74) is 5.33. The molecule has 0 radical (unpaired) electrons. The van der Waals surface area contributed by atoms with Crippen LogP contribution in [-0.2, 0) is 26.1 Å². The summed E-state index contributed by atoms with van der Waals surface area (Å²) in [4.78, 5) is 26.2. The fourth-order valence-electron chi connectivity index (χ4n) is 6.07. The third-order valence-corrected chi connectivity index (χ3v) is 9.41. The van der Waals surface area contributed by atoms with E-state index >= 15 is 0 Å². The Hall–Kier alpha value is -4.18. The zero-order valence-electron chi connectivity index (χ0n) is 26.0. The maximum atomic E-state index is 13.2. The number of rotatable bonds is 13. The van der Waals surface area contributed by atoms with Gasteiger partial charge in [0.2, 0.25) is 0 Å². The molecule has 1 aliphatic rings. The van der Waals surface area contributed by atoms with Crippen molar-refractivity contribution < 1.29 is 14.3 Å². The number of likely N-dealkylation sites (tertiary alicyclic amines) is 1. The zero-order chi connectivity index (χ0) is 31.0. The summed E-state index contributed by atoms with van der Waals surface area (Å²) in [6.07, 6.45) is 4.88. The first-order chi connectivity index (χ1) is 22.1. The Morgan fingerprint density at radius 1 is 1.00 bits per heavy atom. The Morgan fingerprint density at radius 3 is 2.60 bits per heavy atom.